The molecule has 0 aliphatic heterocycles. The van der Waals surface area contributed by atoms with E-state index in [0.29, 0.717) is 0 Å². The quantitative estimate of drug-likeness (QED) is 0.881. The van der Waals surface area contributed by atoms with Crippen molar-refractivity contribution in [1.82, 2.24) is 0 Å². The fourth-order valence-electron chi connectivity index (χ4n) is 1.43. The SMILES string of the molecule is CC(C)(N)C(C)(C)C(=O)Nc1ccc(Cl)cc1C(F)(F)F. The van der Waals surface area contributed by atoms with Gasteiger partial charge in [0, 0.05) is 10.6 Å². The maximum atomic E-state index is 13.0. The molecule has 0 aromatic heterocycles. The van der Waals surface area contributed by atoms with Crippen molar-refractivity contribution in [2.75, 3.05) is 5.32 Å². The largest absolute Gasteiger partial charge is 0.418 e. The third-order valence-corrected chi connectivity index (χ3v) is 3.95. The number of alkyl halides is 3. The Morgan fingerprint density at radius 2 is 1.71 bits per heavy atom. The van der Waals surface area contributed by atoms with Gasteiger partial charge < -0.3 is 11.1 Å². The van der Waals surface area contributed by atoms with Gasteiger partial charge in [-0.2, -0.15) is 13.2 Å². The van der Waals surface area contributed by atoms with Crippen molar-refractivity contribution >= 4 is 23.2 Å². The minimum absolute atomic E-state index is 0.0567. The first kappa shape index (κ1) is 17.8. The molecule has 21 heavy (non-hydrogen) atoms. The van der Waals surface area contributed by atoms with E-state index in [1.807, 2.05) is 0 Å². The topological polar surface area (TPSA) is 55.1 Å². The number of anilines is 1. The number of nitrogens with one attached hydrogen (secondary N) is 1. The minimum Gasteiger partial charge on any atom is -0.325 e. The standard InChI is InChI=1S/C14H18ClF3N2O/c1-12(2,13(3,4)19)11(21)20-10-6-5-8(15)7-9(10)14(16,17)18/h5-7H,19H2,1-4H3,(H,20,21). The molecule has 7 heteroatoms. The van der Waals surface area contributed by atoms with E-state index in [0.717, 1.165) is 12.1 Å². The van der Waals surface area contributed by atoms with Gasteiger partial charge >= 0.3 is 6.18 Å². The maximum Gasteiger partial charge on any atom is 0.418 e. The maximum absolute atomic E-state index is 13.0. The Hall–Kier alpha value is -1.27. The summed E-state index contributed by atoms with van der Waals surface area (Å²) in [4.78, 5) is 12.3. The molecule has 0 unspecified atom stereocenters. The number of carbonyl (C=O) groups is 1. The van der Waals surface area contributed by atoms with Gasteiger partial charge in [-0.3, -0.25) is 4.79 Å². The van der Waals surface area contributed by atoms with E-state index in [1.54, 1.807) is 27.7 Å². The van der Waals surface area contributed by atoms with Crippen molar-refractivity contribution in [2.24, 2.45) is 11.1 Å². The predicted octanol–water partition coefficient (Wildman–Crippen LogP) is 4.06. The van der Waals surface area contributed by atoms with Crippen molar-refractivity contribution in [3.8, 4) is 0 Å². The van der Waals surface area contributed by atoms with Crippen LogP contribution in [0.15, 0.2) is 18.2 Å². The van der Waals surface area contributed by atoms with E-state index in [4.69, 9.17) is 17.3 Å². The van der Waals surface area contributed by atoms with Crippen molar-refractivity contribution < 1.29 is 18.0 Å². The molecular formula is C14H18ClF3N2O. The van der Waals surface area contributed by atoms with Crippen LogP contribution < -0.4 is 11.1 Å². The summed E-state index contributed by atoms with van der Waals surface area (Å²) in [7, 11) is 0. The highest BCUT2D eigenvalue weighted by Crippen LogP contribution is 2.38. The zero-order valence-corrected chi connectivity index (χ0v) is 13.0. The summed E-state index contributed by atoms with van der Waals surface area (Å²) in [5, 5.41) is 2.24. The van der Waals surface area contributed by atoms with Crippen molar-refractivity contribution in [1.29, 1.82) is 0 Å². The van der Waals surface area contributed by atoms with E-state index in [2.05, 4.69) is 5.32 Å². The molecule has 118 valence electrons. The Bertz CT molecular complexity index is 548. The third kappa shape index (κ3) is 3.89. The second-order valence-electron chi connectivity index (χ2n) is 5.99. The van der Waals surface area contributed by atoms with Gasteiger partial charge in [0.1, 0.15) is 0 Å². The summed E-state index contributed by atoms with van der Waals surface area (Å²) < 4.78 is 38.9. The van der Waals surface area contributed by atoms with Crippen molar-refractivity contribution in [2.45, 2.75) is 39.4 Å². The molecule has 0 aliphatic rings. The lowest BCUT2D eigenvalue weighted by Gasteiger charge is -2.37. The van der Waals surface area contributed by atoms with Crippen LogP contribution in [-0.2, 0) is 11.0 Å². The van der Waals surface area contributed by atoms with Gasteiger partial charge in [-0.15, -0.1) is 0 Å². The third-order valence-electron chi connectivity index (χ3n) is 3.71. The Labute approximate surface area is 126 Å². The van der Waals surface area contributed by atoms with E-state index in [-0.39, 0.29) is 10.7 Å². The molecule has 3 N–H and O–H groups in total. The molecule has 0 radical (unpaired) electrons. The molecule has 0 spiro atoms. The minimum atomic E-state index is -4.62. The summed E-state index contributed by atoms with van der Waals surface area (Å²) in [6.07, 6.45) is -4.62. The molecule has 0 heterocycles. The molecule has 0 saturated carbocycles. The summed E-state index contributed by atoms with van der Waals surface area (Å²) >= 11 is 5.59. The Morgan fingerprint density at radius 3 is 2.14 bits per heavy atom. The zero-order chi connectivity index (χ0) is 16.6. The average Bonchev–Trinajstić information content (AvgIpc) is 2.28. The smallest absolute Gasteiger partial charge is 0.325 e. The lowest BCUT2D eigenvalue weighted by atomic mass is 9.74. The van der Waals surface area contributed by atoms with E-state index in [1.165, 1.54) is 6.07 Å². The van der Waals surface area contributed by atoms with Crippen LogP contribution in [0.3, 0.4) is 0 Å². The number of amides is 1. The fraction of sp³-hybridized carbons (Fsp3) is 0.500. The van der Waals surface area contributed by atoms with Crippen LogP contribution in [0.5, 0.6) is 0 Å². The Morgan fingerprint density at radius 1 is 1.19 bits per heavy atom. The molecule has 1 aromatic carbocycles. The van der Waals surface area contributed by atoms with Crippen LogP contribution in [0, 0.1) is 5.41 Å². The van der Waals surface area contributed by atoms with Crippen LogP contribution in [-0.4, -0.2) is 11.4 Å². The van der Waals surface area contributed by atoms with Gasteiger partial charge in [0.15, 0.2) is 0 Å². The average molecular weight is 323 g/mol. The fourth-order valence-corrected chi connectivity index (χ4v) is 1.60. The summed E-state index contributed by atoms with van der Waals surface area (Å²) in [5.74, 6) is -0.595. The van der Waals surface area contributed by atoms with E-state index in [9.17, 15) is 18.0 Å². The lowest BCUT2D eigenvalue weighted by Crippen LogP contribution is -2.53. The van der Waals surface area contributed by atoms with Gasteiger partial charge in [0.25, 0.3) is 0 Å². The summed E-state index contributed by atoms with van der Waals surface area (Å²) in [6, 6.07) is 3.19. The first-order chi connectivity index (χ1) is 9.26. The highest BCUT2D eigenvalue weighted by molar-refractivity contribution is 6.30. The molecule has 0 atom stereocenters. The Balaban J connectivity index is 3.18. The monoisotopic (exact) mass is 322 g/mol. The number of rotatable bonds is 3. The first-order valence-corrected chi connectivity index (χ1v) is 6.61. The van der Waals surface area contributed by atoms with E-state index < -0.39 is 28.6 Å². The van der Waals surface area contributed by atoms with Gasteiger partial charge in [-0.1, -0.05) is 11.6 Å². The molecule has 1 rings (SSSR count). The number of benzene rings is 1. The van der Waals surface area contributed by atoms with Crippen LogP contribution in [0.4, 0.5) is 18.9 Å². The Kier molecular flexibility index (Phi) is 4.65. The summed E-state index contributed by atoms with van der Waals surface area (Å²) in [5.41, 5.74) is 2.62. The second-order valence-corrected chi connectivity index (χ2v) is 6.42. The van der Waals surface area contributed by atoms with Gasteiger partial charge in [0.05, 0.1) is 16.7 Å². The number of hydrogen-bond donors (Lipinski definition) is 2. The highest BCUT2D eigenvalue weighted by Gasteiger charge is 2.41. The predicted molar refractivity (Wildman–Crippen MR) is 77.1 cm³/mol. The van der Waals surface area contributed by atoms with Crippen LogP contribution in [0.2, 0.25) is 5.02 Å². The van der Waals surface area contributed by atoms with Crippen molar-refractivity contribution in [3.63, 3.8) is 0 Å². The molecular weight excluding hydrogens is 305 g/mol. The molecule has 1 amide bonds. The number of nitrogens with two attached hydrogens (primary N) is 1. The number of carbonyl (C=O) groups excluding carboxylic acids is 1. The van der Waals surface area contributed by atoms with Gasteiger partial charge in [-0.25, -0.2) is 0 Å². The molecule has 0 bridgehead atoms. The normalized spacial score (nSPS) is 13.2. The molecule has 0 aliphatic carbocycles. The van der Waals surface area contributed by atoms with Crippen LogP contribution in [0.25, 0.3) is 0 Å². The van der Waals surface area contributed by atoms with Gasteiger partial charge in [-0.05, 0) is 45.9 Å². The van der Waals surface area contributed by atoms with Crippen LogP contribution >= 0.6 is 11.6 Å². The first-order valence-electron chi connectivity index (χ1n) is 6.24. The van der Waals surface area contributed by atoms with Crippen molar-refractivity contribution in [3.05, 3.63) is 28.8 Å². The number of halogens is 4. The summed E-state index contributed by atoms with van der Waals surface area (Å²) in [6.45, 7) is 6.43. The lowest BCUT2D eigenvalue weighted by molar-refractivity contribution is -0.137. The molecule has 0 saturated heterocycles. The second kappa shape index (κ2) is 5.50. The van der Waals surface area contributed by atoms with E-state index >= 15 is 0 Å². The van der Waals surface area contributed by atoms with Gasteiger partial charge in [0.2, 0.25) is 5.91 Å². The molecule has 0 fully saturated rings. The zero-order valence-electron chi connectivity index (χ0n) is 12.2. The number of hydrogen-bond acceptors (Lipinski definition) is 2. The highest BCUT2D eigenvalue weighted by atomic mass is 35.5. The van der Waals surface area contributed by atoms with Crippen LogP contribution in [0.1, 0.15) is 33.3 Å². The molecule has 1 aromatic rings. The molecule has 3 nitrogen and oxygen atoms in total.